The molecule has 1 amide bonds. The number of carbonyl (C=O) groups excluding carboxylic acids is 1. The summed E-state index contributed by atoms with van der Waals surface area (Å²) in [5.41, 5.74) is 1.06. The maximum Gasteiger partial charge on any atom is 0.230 e. The van der Waals surface area contributed by atoms with Crippen molar-refractivity contribution in [1.82, 2.24) is 9.96 Å². The van der Waals surface area contributed by atoms with Crippen molar-refractivity contribution in [3.63, 3.8) is 0 Å². The van der Waals surface area contributed by atoms with E-state index in [4.69, 9.17) is 16.4 Å². The molecule has 5 heteroatoms. The summed E-state index contributed by atoms with van der Waals surface area (Å²) in [5, 5.41) is 2.79. The van der Waals surface area contributed by atoms with Crippen molar-refractivity contribution >= 4 is 17.5 Å². The van der Waals surface area contributed by atoms with Crippen LogP contribution in [0.3, 0.4) is 0 Å². The Kier molecular flexibility index (Phi) is 4.79. The summed E-state index contributed by atoms with van der Waals surface area (Å²) >= 11 is 6.03. The van der Waals surface area contributed by atoms with E-state index in [1.54, 1.807) is 0 Å². The molecule has 0 aliphatic carbocycles. The van der Waals surface area contributed by atoms with E-state index in [0.717, 1.165) is 50.9 Å². The third-order valence-corrected chi connectivity index (χ3v) is 5.89. The number of piperidine rings is 2. The number of carbonyl (C=O) groups is 1. The average Bonchev–Trinajstić information content (AvgIpc) is 3.02. The van der Waals surface area contributed by atoms with Crippen LogP contribution in [0, 0.1) is 5.92 Å². The molecule has 3 aliphatic heterocycles. The molecule has 3 heterocycles. The van der Waals surface area contributed by atoms with Crippen molar-refractivity contribution < 1.29 is 9.63 Å². The summed E-state index contributed by atoms with van der Waals surface area (Å²) in [6.45, 7) is 2.73. The smallest absolute Gasteiger partial charge is 0.230 e. The van der Waals surface area contributed by atoms with Gasteiger partial charge in [-0.25, -0.2) is 0 Å². The van der Waals surface area contributed by atoms with Crippen LogP contribution in [0.2, 0.25) is 5.02 Å². The summed E-state index contributed by atoms with van der Waals surface area (Å²) < 4.78 is 0. The molecule has 3 fully saturated rings. The van der Waals surface area contributed by atoms with E-state index in [1.165, 1.54) is 12.8 Å². The molecule has 0 spiro atoms. The van der Waals surface area contributed by atoms with Crippen LogP contribution in [-0.4, -0.2) is 41.5 Å². The van der Waals surface area contributed by atoms with Gasteiger partial charge in [0.25, 0.3) is 0 Å². The van der Waals surface area contributed by atoms with Gasteiger partial charge in [0.2, 0.25) is 5.91 Å². The lowest BCUT2D eigenvalue weighted by atomic mass is 9.85. The van der Waals surface area contributed by atoms with Crippen LogP contribution in [0.1, 0.15) is 50.2 Å². The van der Waals surface area contributed by atoms with E-state index < -0.39 is 0 Å². The van der Waals surface area contributed by atoms with Gasteiger partial charge >= 0.3 is 0 Å². The number of rotatable bonds is 2. The normalized spacial score (nSPS) is 31.0. The molecule has 3 saturated heterocycles. The van der Waals surface area contributed by atoms with Gasteiger partial charge in [-0.2, -0.15) is 5.06 Å². The van der Waals surface area contributed by atoms with Gasteiger partial charge in [0.1, 0.15) is 6.10 Å². The monoisotopic (exact) mass is 348 g/mol. The lowest BCUT2D eigenvalue weighted by Crippen LogP contribution is -2.46. The van der Waals surface area contributed by atoms with Crippen LogP contribution in [0.25, 0.3) is 0 Å². The first kappa shape index (κ1) is 16.4. The van der Waals surface area contributed by atoms with Gasteiger partial charge in [-0.05, 0) is 49.8 Å². The molecule has 1 aromatic carbocycles. The van der Waals surface area contributed by atoms with Gasteiger partial charge < -0.3 is 4.90 Å². The van der Waals surface area contributed by atoms with Gasteiger partial charge in [0.05, 0.1) is 5.92 Å². The average molecular weight is 349 g/mol. The summed E-state index contributed by atoms with van der Waals surface area (Å²) in [6, 6.07) is 8.00. The predicted octanol–water partition coefficient (Wildman–Crippen LogP) is 3.81. The van der Waals surface area contributed by atoms with Crippen molar-refractivity contribution in [3.8, 4) is 0 Å². The lowest BCUT2D eigenvalue weighted by Gasteiger charge is -2.34. The Balaban J connectivity index is 1.62. The number of hydrogen-bond acceptors (Lipinski definition) is 3. The number of fused-ring (bicyclic) bond motifs is 1. The molecule has 4 nitrogen and oxygen atoms in total. The minimum absolute atomic E-state index is 0.0930. The molecule has 3 aliphatic rings. The highest BCUT2D eigenvalue weighted by Gasteiger charge is 2.49. The second kappa shape index (κ2) is 7.03. The minimum atomic E-state index is -0.181. The van der Waals surface area contributed by atoms with Crippen LogP contribution in [0.5, 0.6) is 0 Å². The Bertz CT molecular complexity index is 586. The van der Waals surface area contributed by atoms with Crippen LogP contribution in [0.4, 0.5) is 0 Å². The highest BCUT2D eigenvalue weighted by atomic mass is 35.5. The molecule has 0 radical (unpaired) electrons. The lowest BCUT2D eigenvalue weighted by molar-refractivity contribution is -0.173. The number of hydroxylamine groups is 2. The predicted molar refractivity (Wildman–Crippen MR) is 93.5 cm³/mol. The largest absolute Gasteiger partial charge is 0.342 e. The van der Waals surface area contributed by atoms with Gasteiger partial charge in [-0.3, -0.25) is 9.63 Å². The molecule has 24 heavy (non-hydrogen) atoms. The van der Waals surface area contributed by atoms with E-state index in [2.05, 4.69) is 9.96 Å². The third-order valence-electron chi connectivity index (χ3n) is 5.64. The molecular formula is C19H25ClN2O2. The highest BCUT2D eigenvalue weighted by Crippen LogP contribution is 2.43. The Hall–Kier alpha value is -1.10. The molecule has 3 atom stereocenters. The van der Waals surface area contributed by atoms with Crippen LogP contribution < -0.4 is 0 Å². The number of nitrogens with zero attached hydrogens (tertiary/aromatic N) is 2. The Morgan fingerprint density at radius 2 is 1.71 bits per heavy atom. The number of hydrogen-bond donors (Lipinski definition) is 0. The van der Waals surface area contributed by atoms with Crippen LogP contribution in [0.15, 0.2) is 24.3 Å². The first-order valence-corrected chi connectivity index (χ1v) is 9.59. The topological polar surface area (TPSA) is 32.8 Å². The maximum atomic E-state index is 13.3. The second-order valence-electron chi connectivity index (χ2n) is 7.19. The molecule has 130 valence electrons. The summed E-state index contributed by atoms with van der Waals surface area (Å²) in [7, 11) is 0. The zero-order chi connectivity index (χ0) is 16.5. The Morgan fingerprint density at radius 3 is 2.46 bits per heavy atom. The van der Waals surface area contributed by atoms with Gasteiger partial charge in [0, 0.05) is 30.7 Å². The molecule has 0 unspecified atom stereocenters. The third kappa shape index (κ3) is 3.07. The zero-order valence-corrected chi connectivity index (χ0v) is 14.8. The van der Waals surface area contributed by atoms with Crippen LogP contribution >= 0.6 is 11.6 Å². The van der Waals surface area contributed by atoms with E-state index in [0.29, 0.717) is 5.02 Å². The minimum Gasteiger partial charge on any atom is -0.342 e. The number of benzene rings is 1. The summed E-state index contributed by atoms with van der Waals surface area (Å²) in [5.74, 6) is 0.189. The van der Waals surface area contributed by atoms with E-state index >= 15 is 0 Å². The standard InChI is InChI=1S/C19H25ClN2O2/c20-15-9-7-14(8-10-15)18-17(16-6-2-5-13-22(16)24-18)19(23)21-11-3-1-4-12-21/h7-10,16-18H,1-6,11-13H2/t16-,17+,18-/m0/s1. The molecular weight excluding hydrogens is 324 g/mol. The van der Waals surface area contributed by atoms with Crippen molar-refractivity contribution in [3.05, 3.63) is 34.9 Å². The molecule has 0 saturated carbocycles. The maximum absolute atomic E-state index is 13.3. The van der Waals surface area contributed by atoms with Gasteiger partial charge in [-0.1, -0.05) is 30.2 Å². The SMILES string of the molecule is O=C([C@H]1[C@H](c2ccc(Cl)cc2)ON2CCCC[C@@H]12)N1CCCCC1. The summed E-state index contributed by atoms with van der Waals surface area (Å²) in [6.07, 6.45) is 6.68. The van der Waals surface area contributed by atoms with Crippen molar-refractivity contribution in [2.75, 3.05) is 19.6 Å². The van der Waals surface area contributed by atoms with E-state index in [9.17, 15) is 4.79 Å². The number of likely N-dealkylation sites (tertiary alicyclic amines) is 1. The fraction of sp³-hybridized carbons (Fsp3) is 0.632. The number of amides is 1. The van der Waals surface area contributed by atoms with E-state index in [-0.39, 0.29) is 24.0 Å². The molecule has 0 N–H and O–H groups in total. The molecule has 0 bridgehead atoms. The number of halogens is 1. The van der Waals surface area contributed by atoms with Crippen LogP contribution in [-0.2, 0) is 9.63 Å². The van der Waals surface area contributed by atoms with Crippen molar-refractivity contribution in [2.24, 2.45) is 5.92 Å². The fourth-order valence-corrected chi connectivity index (χ4v) is 4.50. The Labute approximate surface area is 148 Å². The first-order valence-electron chi connectivity index (χ1n) is 9.22. The fourth-order valence-electron chi connectivity index (χ4n) is 4.37. The van der Waals surface area contributed by atoms with Crippen molar-refractivity contribution in [1.29, 1.82) is 0 Å². The van der Waals surface area contributed by atoms with Gasteiger partial charge in [0.15, 0.2) is 0 Å². The second-order valence-corrected chi connectivity index (χ2v) is 7.63. The highest BCUT2D eigenvalue weighted by molar-refractivity contribution is 6.30. The summed E-state index contributed by atoms with van der Waals surface area (Å²) in [4.78, 5) is 21.6. The van der Waals surface area contributed by atoms with Gasteiger partial charge in [-0.15, -0.1) is 0 Å². The van der Waals surface area contributed by atoms with Crippen molar-refractivity contribution in [2.45, 2.75) is 50.7 Å². The Morgan fingerprint density at radius 1 is 1.00 bits per heavy atom. The first-order chi connectivity index (χ1) is 11.7. The molecule has 1 aromatic rings. The zero-order valence-electron chi connectivity index (χ0n) is 14.0. The quantitative estimate of drug-likeness (QED) is 0.814. The molecule has 0 aromatic heterocycles. The van der Waals surface area contributed by atoms with E-state index in [1.807, 2.05) is 24.3 Å². The molecule has 4 rings (SSSR count).